The van der Waals surface area contributed by atoms with Crippen molar-refractivity contribution < 1.29 is 4.79 Å². The Balaban J connectivity index is 2.08. The van der Waals surface area contributed by atoms with Crippen LogP contribution in [0.1, 0.15) is 39.2 Å². The third-order valence-corrected chi connectivity index (χ3v) is 4.38. The van der Waals surface area contributed by atoms with Crippen molar-refractivity contribution in [2.24, 2.45) is 11.8 Å². The summed E-state index contributed by atoms with van der Waals surface area (Å²) >= 11 is 0. The maximum absolute atomic E-state index is 12.0. The van der Waals surface area contributed by atoms with Gasteiger partial charge in [-0.05, 0) is 31.4 Å². The van der Waals surface area contributed by atoms with E-state index in [1.165, 1.54) is 11.3 Å². The van der Waals surface area contributed by atoms with Crippen LogP contribution >= 0.6 is 0 Å². The zero-order chi connectivity index (χ0) is 15.4. The fraction of sp³-hybridized carbons (Fsp3) is 0.611. The summed E-state index contributed by atoms with van der Waals surface area (Å²) in [5.41, 5.74) is 2.55. The molecule has 1 N–H and O–H groups in total. The molecule has 2 rings (SSSR count). The number of amides is 1. The summed E-state index contributed by atoms with van der Waals surface area (Å²) in [5.74, 6) is 0.873. The molecule has 1 heterocycles. The molecule has 0 aromatic heterocycles. The van der Waals surface area contributed by atoms with Crippen LogP contribution < -0.4 is 10.2 Å². The maximum Gasteiger partial charge on any atom is 0.222 e. The largest absolute Gasteiger partial charge is 0.369 e. The summed E-state index contributed by atoms with van der Waals surface area (Å²) in [6, 6.07) is 8.96. The number of anilines is 1. The molecule has 2 unspecified atom stereocenters. The second-order valence-corrected chi connectivity index (χ2v) is 6.61. The molecule has 21 heavy (non-hydrogen) atoms. The Labute approximate surface area is 128 Å². The molecular formula is C18H28N2O. The highest BCUT2D eigenvalue weighted by molar-refractivity contribution is 5.78. The topological polar surface area (TPSA) is 32.3 Å². The molecule has 1 saturated heterocycles. The van der Waals surface area contributed by atoms with E-state index in [-0.39, 0.29) is 17.9 Å². The van der Waals surface area contributed by atoms with Crippen LogP contribution in [0.25, 0.3) is 0 Å². The number of hydrogen-bond acceptors (Lipinski definition) is 2. The highest BCUT2D eigenvalue weighted by atomic mass is 16.1. The molecule has 1 aromatic carbocycles. The quantitative estimate of drug-likeness (QED) is 0.921. The SMILES string of the molecule is CCC1CC(NC(=O)C(C)C)CN(c2ccc(C)cc2)C1. The summed E-state index contributed by atoms with van der Waals surface area (Å²) in [6.07, 6.45) is 2.26. The van der Waals surface area contributed by atoms with Gasteiger partial charge in [0, 0.05) is 30.7 Å². The van der Waals surface area contributed by atoms with Gasteiger partial charge < -0.3 is 10.2 Å². The van der Waals surface area contributed by atoms with Crippen LogP contribution in [0.15, 0.2) is 24.3 Å². The highest BCUT2D eigenvalue weighted by Gasteiger charge is 2.27. The number of benzene rings is 1. The molecule has 3 heteroatoms. The maximum atomic E-state index is 12.0. The van der Waals surface area contributed by atoms with Gasteiger partial charge in [0.15, 0.2) is 0 Å². The molecule has 0 spiro atoms. The van der Waals surface area contributed by atoms with Gasteiger partial charge in [0.25, 0.3) is 0 Å². The molecule has 1 aromatic rings. The number of aryl methyl sites for hydroxylation is 1. The summed E-state index contributed by atoms with van der Waals surface area (Å²) in [6.45, 7) is 10.3. The predicted molar refractivity (Wildman–Crippen MR) is 88.6 cm³/mol. The van der Waals surface area contributed by atoms with Gasteiger partial charge in [-0.15, -0.1) is 0 Å². The molecule has 3 nitrogen and oxygen atoms in total. The Morgan fingerprint density at radius 1 is 1.29 bits per heavy atom. The summed E-state index contributed by atoms with van der Waals surface area (Å²) in [5, 5.41) is 3.21. The number of nitrogens with one attached hydrogen (secondary N) is 1. The van der Waals surface area contributed by atoms with Crippen molar-refractivity contribution in [3.05, 3.63) is 29.8 Å². The van der Waals surface area contributed by atoms with Gasteiger partial charge in [0.1, 0.15) is 0 Å². The lowest BCUT2D eigenvalue weighted by atomic mass is 9.91. The molecule has 1 aliphatic rings. The van der Waals surface area contributed by atoms with Crippen LogP contribution in [0.2, 0.25) is 0 Å². The monoisotopic (exact) mass is 288 g/mol. The van der Waals surface area contributed by atoms with Gasteiger partial charge in [-0.3, -0.25) is 4.79 Å². The van der Waals surface area contributed by atoms with E-state index >= 15 is 0 Å². The van der Waals surface area contributed by atoms with Crippen molar-refractivity contribution in [1.82, 2.24) is 5.32 Å². The minimum Gasteiger partial charge on any atom is -0.369 e. The number of carbonyl (C=O) groups excluding carboxylic acids is 1. The second kappa shape index (κ2) is 6.97. The molecule has 0 bridgehead atoms. The first-order chi connectivity index (χ1) is 9.99. The molecule has 116 valence electrons. The lowest BCUT2D eigenvalue weighted by Crippen LogP contribution is -2.51. The number of piperidine rings is 1. The Morgan fingerprint density at radius 3 is 2.52 bits per heavy atom. The van der Waals surface area contributed by atoms with Crippen molar-refractivity contribution >= 4 is 11.6 Å². The van der Waals surface area contributed by atoms with E-state index in [1.54, 1.807) is 0 Å². The third-order valence-electron chi connectivity index (χ3n) is 4.38. The van der Waals surface area contributed by atoms with E-state index in [4.69, 9.17) is 0 Å². The number of hydrogen-bond donors (Lipinski definition) is 1. The highest BCUT2D eigenvalue weighted by Crippen LogP contribution is 2.25. The first-order valence-corrected chi connectivity index (χ1v) is 8.11. The fourth-order valence-corrected chi connectivity index (χ4v) is 2.94. The average molecular weight is 288 g/mol. The van der Waals surface area contributed by atoms with Crippen LogP contribution in [0.4, 0.5) is 5.69 Å². The van der Waals surface area contributed by atoms with Gasteiger partial charge in [-0.1, -0.05) is 44.9 Å². The van der Waals surface area contributed by atoms with E-state index in [0.717, 1.165) is 25.9 Å². The van der Waals surface area contributed by atoms with Crippen LogP contribution in [-0.2, 0) is 4.79 Å². The summed E-state index contributed by atoms with van der Waals surface area (Å²) in [7, 11) is 0. The van der Waals surface area contributed by atoms with Crippen LogP contribution in [0.5, 0.6) is 0 Å². The van der Waals surface area contributed by atoms with Crippen LogP contribution in [0.3, 0.4) is 0 Å². The predicted octanol–water partition coefficient (Wildman–Crippen LogP) is 3.37. The first kappa shape index (κ1) is 15.9. The first-order valence-electron chi connectivity index (χ1n) is 8.11. The van der Waals surface area contributed by atoms with Crippen molar-refractivity contribution in [3.63, 3.8) is 0 Å². The lowest BCUT2D eigenvalue weighted by molar-refractivity contribution is -0.124. The Bertz CT molecular complexity index is 467. The molecule has 1 aliphatic heterocycles. The number of nitrogens with zero attached hydrogens (tertiary/aromatic N) is 1. The lowest BCUT2D eigenvalue weighted by Gasteiger charge is -2.39. The second-order valence-electron chi connectivity index (χ2n) is 6.61. The Morgan fingerprint density at radius 2 is 1.95 bits per heavy atom. The fourth-order valence-electron chi connectivity index (χ4n) is 2.94. The van der Waals surface area contributed by atoms with Crippen molar-refractivity contribution in [2.45, 2.75) is 46.6 Å². The Kier molecular flexibility index (Phi) is 5.27. The van der Waals surface area contributed by atoms with Gasteiger partial charge >= 0.3 is 0 Å². The molecule has 2 atom stereocenters. The van der Waals surface area contributed by atoms with Crippen LogP contribution in [0, 0.1) is 18.8 Å². The zero-order valence-corrected chi connectivity index (χ0v) is 13.7. The summed E-state index contributed by atoms with van der Waals surface area (Å²) < 4.78 is 0. The molecule has 1 amide bonds. The zero-order valence-electron chi connectivity index (χ0n) is 13.7. The van der Waals surface area contributed by atoms with Gasteiger partial charge in [-0.2, -0.15) is 0 Å². The minimum absolute atomic E-state index is 0.0554. The van der Waals surface area contributed by atoms with E-state index in [1.807, 2.05) is 13.8 Å². The van der Waals surface area contributed by atoms with Gasteiger partial charge in [0.2, 0.25) is 5.91 Å². The molecule has 1 fully saturated rings. The average Bonchev–Trinajstić information content (AvgIpc) is 2.47. The van der Waals surface area contributed by atoms with Crippen molar-refractivity contribution in [3.8, 4) is 0 Å². The van der Waals surface area contributed by atoms with E-state index in [2.05, 4.69) is 48.3 Å². The minimum atomic E-state index is 0.0554. The van der Waals surface area contributed by atoms with Crippen molar-refractivity contribution in [1.29, 1.82) is 0 Å². The number of carbonyl (C=O) groups is 1. The normalized spacial score (nSPS) is 22.4. The van der Waals surface area contributed by atoms with E-state index in [9.17, 15) is 4.79 Å². The molecule has 0 saturated carbocycles. The number of rotatable bonds is 4. The molecule has 0 aliphatic carbocycles. The summed E-state index contributed by atoms with van der Waals surface area (Å²) in [4.78, 5) is 14.4. The molecule has 0 radical (unpaired) electrons. The van der Waals surface area contributed by atoms with E-state index < -0.39 is 0 Å². The van der Waals surface area contributed by atoms with E-state index in [0.29, 0.717) is 5.92 Å². The van der Waals surface area contributed by atoms with Crippen molar-refractivity contribution in [2.75, 3.05) is 18.0 Å². The standard InChI is InChI=1S/C18H28N2O/c1-5-15-10-16(19-18(21)13(2)3)12-20(11-15)17-8-6-14(4)7-9-17/h6-9,13,15-16H,5,10-12H2,1-4H3,(H,19,21). The molecular weight excluding hydrogens is 260 g/mol. The van der Waals surface area contributed by atoms with Gasteiger partial charge in [-0.25, -0.2) is 0 Å². The third kappa shape index (κ3) is 4.23. The smallest absolute Gasteiger partial charge is 0.222 e. The van der Waals surface area contributed by atoms with Crippen LogP contribution in [-0.4, -0.2) is 25.0 Å². The van der Waals surface area contributed by atoms with Gasteiger partial charge in [0.05, 0.1) is 0 Å². The Hall–Kier alpha value is -1.51.